The van der Waals surface area contributed by atoms with Crippen molar-refractivity contribution in [2.24, 2.45) is 0 Å². The van der Waals surface area contributed by atoms with Crippen LogP contribution in [0.1, 0.15) is 25.8 Å². The minimum absolute atomic E-state index is 0.0366. The van der Waals surface area contributed by atoms with Crippen LogP contribution in [0.3, 0.4) is 0 Å². The minimum Gasteiger partial charge on any atom is -0.506 e. The molecule has 6 nitrogen and oxygen atoms in total. The lowest BCUT2D eigenvalue weighted by Gasteiger charge is -2.40. The van der Waals surface area contributed by atoms with Crippen molar-refractivity contribution in [2.75, 3.05) is 7.05 Å². The molecule has 1 aromatic carbocycles. The number of rotatable bonds is 7. The zero-order valence-electron chi connectivity index (χ0n) is 17.8. The van der Waals surface area contributed by atoms with Crippen molar-refractivity contribution in [2.45, 2.75) is 32.5 Å². The average molecular weight is 437 g/mol. The number of aromatic hydroxyl groups is 1. The van der Waals surface area contributed by atoms with Crippen LogP contribution in [-0.4, -0.2) is 31.6 Å². The average Bonchev–Trinajstić information content (AvgIpc) is 3.46. The molecule has 0 aliphatic heterocycles. The lowest BCUT2D eigenvalue weighted by atomic mass is 10.1. The van der Waals surface area contributed by atoms with E-state index in [2.05, 4.69) is 35.3 Å². The van der Waals surface area contributed by atoms with E-state index in [1.165, 1.54) is 0 Å². The highest BCUT2D eigenvalue weighted by Gasteiger charge is 2.33. The normalized spacial score (nSPS) is 13.5. The van der Waals surface area contributed by atoms with E-state index in [9.17, 15) is 5.11 Å². The second-order valence-electron chi connectivity index (χ2n) is 7.78. The van der Waals surface area contributed by atoms with E-state index >= 15 is 0 Å². The Labute approximate surface area is 186 Å². The van der Waals surface area contributed by atoms with Crippen molar-refractivity contribution in [3.05, 3.63) is 78.1 Å². The van der Waals surface area contributed by atoms with Crippen LogP contribution in [0, 0.1) is 0 Å². The Balaban J connectivity index is 1.84. The van der Waals surface area contributed by atoms with Crippen molar-refractivity contribution < 1.29 is 9.52 Å². The molecule has 0 saturated heterocycles. The molecule has 0 spiro atoms. The number of halogens is 1. The second-order valence-corrected chi connectivity index (χ2v) is 8.19. The predicted octanol–water partition coefficient (Wildman–Crippen LogP) is 5.78. The fourth-order valence-corrected chi connectivity index (χ4v) is 3.83. The molecule has 1 unspecified atom stereocenters. The van der Waals surface area contributed by atoms with E-state index < -0.39 is 0 Å². The van der Waals surface area contributed by atoms with Crippen LogP contribution in [0.15, 0.2) is 71.9 Å². The summed E-state index contributed by atoms with van der Waals surface area (Å²) in [5.41, 5.74) is 3.27. The van der Waals surface area contributed by atoms with Crippen LogP contribution < -0.4 is 0 Å². The molecular formula is C24H25ClN4O2. The molecule has 31 heavy (non-hydrogen) atoms. The maximum Gasteiger partial charge on any atom is 0.142 e. The first kappa shape index (κ1) is 21.2. The van der Waals surface area contributed by atoms with Crippen molar-refractivity contribution in [3.8, 4) is 28.4 Å². The molecule has 0 amide bonds. The van der Waals surface area contributed by atoms with Crippen LogP contribution in [0.2, 0.25) is 5.02 Å². The molecule has 7 heteroatoms. The van der Waals surface area contributed by atoms with Gasteiger partial charge in [0, 0.05) is 41.8 Å². The largest absolute Gasteiger partial charge is 0.506 e. The fourth-order valence-electron chi connectivity index (χ4n) is 3.71. The summed E-state index contributed by atoms with van der Waals surface area (Å²) in [5.74, 6) is 0.866. The smallest absolute Gasteiger partial charge is 0.142 e. The molecule has 0 aliphatic rings. The van der Waals surface area contributed by atoms with Gasteiger partial charge in [-0.3, -0.25) is 9.88 Å². The third-order valence-corrected chi connectivity index (χ3v) is 6.22. The van der Waals surface area contributed by atoms with Gasteiger partial charge in [-0.2, -0.15) is 0 Å². The van der Waals surface area contributed by atoms with Crippen molar-refractivity contribution in [3.63, 3.8) is 0 Å². The molecule has 4 rings (SSSR count). The first-order valence-corrected chi connectivity index (χ1v) is 10.5. The standard InChI is InChI=1S/C24H25ClN4O2/c1-4-24(2,28(3)14-17-9-12-31-16-17)29-15-21(19-5-6-20(25)22(30)13-19)27-23(29)18-7-10-26-11-8-18/h5-13,15-16,30H,4,14H2,1-3H3. The number of furan rings is 1. The number of aromatic nitrogens is 3. The van der Waals surface area contributed by atoms with E-state index in [0.717, 1.165) is 41.2 Å². The van der Waals surface area contributed by atoms with Crippen LogP contribution in [0.5, 0.6) is 5.75 Å². The summed E-state index contributed by atoms with van der Waals surface area (Å²) in [7, 11) is 2.10. The summed E-state index contributed by atoms with van der Waals surface area (Å²) in [6.45, 7) is 5.09. The fraction of sp³-hybridized carbons (Fsp3) is 0.250. The van der Waals surface area contributed by atoms with Gasteiger partial charge in [-0.05, 0) is 50.7 Å². The summed E-state index contributed by atoms with van der Waals surface area (Å²) in [5, 5.41) is 10.4. The Kier molecular flexibility index (Phi) is 5.85. The molecule has 0 radical (unpaired) electrons. The van der Waals surface area contributed by atoms with E-state index in [1.807, 2.05) is 30.5 Å². The monoisotopic (exact) mass is 436 g/mol. The summed E-state index contributed by atoms with van der Waals surface area (Å²) in [6, 6.07) is 11.1. The summed E-state index contributed by atoms with van der Waals surface area (Å²) in [6.07, 6.45) is 9.87. The molecule has 1 N–H and O–H groups in total. The Morgan fingerprint density at radius 2 is 1.94 bits per heavy atom. The number of imidazole rings is 1. The van der Waals surface area contributed by atoms with Crippen LogP contribution >= 0.6 is 11.6 Å². The Morgan fingerprint density at radius 1 is 1.16 bits per heavy atom. The van der Waals surface area contributed by atoms with Crippen molar-refractivity contribution in [1.29, 1.82) is 0 Å². The molecule has 160 valence electrons. The zero-order valence-corrected chi connectivity index (χ0v) is 18.5. The van der Waals surface area contributed by atoms with Crippen LogP contribution in [0.25, 0.3) is 22.6 Å². The highest BCUT2D eigenvalue weighted by molar-refractivity contribution is 6.32. The summed E-state index contributed by atoms with van der Waals surface area (Å²) >= 11 is 6.01. The quantitative estimate of drug-likeness (QED) is 0.397. The van der Waals surface area contributed by atoms with E-state index in [1.54, 1.807) is 37.1 Å². The number of phenols is 1. The Hall–Kier alpha value is -3.09. The third kappa shape index (κ3) is 4.09. The van der Waals surface area contributed by atoms with E-state index in [4.69, 9.17) is 21.0 Å². The molecule has 4 aromatic rings. The van der Waals surface area contributed by atoms with Gasteiger partial charge in [-0.15, -0.1) is 0 Å². The van der Waals surface area contributed by atoms with Crippen molar-refractivity contribution in [1.82, 2.24) is 19.4 Å². The van der Waals surface area contributed by atoms with E-state index in [0.29, 0.717) is 5.02 Å². The van der Waals surface area contributed by atoms with Gasteiger partial charge in [0.25, 0.3) is 0 Å². The van der Waals surface area contributed by atoms with E-state index in [-0.39, 0.29) is 11.4 Å². The first-order valence-electron chi connectivity index (χ1n) is 10.1. The molecule has 3 heterocycles. The van der Waals surface area contributed by atoms with Gasteiger partial charge in [0.1, 0.15) is 11.6 Å². The molecule has 0 aliphatic carbocycles. The van der Waals surface area contributed by atoms with Gasteiger partial charge < -0.3 is 14.1 Å². The molecule has 1 atom stereocenters. The van der Waals surface area contributed by atoms with Gasteiger partial charge in [0.15, 0.2) is 0 Å². The molecule has 0 saturated carbocycles. The van der Waals surface area contributed by atoms with Gasteiger partial charge in [-0.25, -0.2) is 4.98 Å². The van der Waals surface area contributed by atoms with Gasteiger partial charge >= 0.3 is 0 Å². The zero-order chi connectivity index (χ0) is 22.0. The second kappa shape index (κ2) is 8.57. The first-order chi connectivity index (χ1) is 14.9. The number of nitrogens with zero attached hydrogens (tertiary/aromatic N) is 4. The molecule has 0 bridgehead atoms. The molecule has 3 aromatic heterocycles. The Bertz CT molecular complexity index is 1160. The van der Waals surface area contributed by atoms with Gasteiger partial charge in [0.05, 0.1) is 28.9 Å². The molecule has 0 fully saturated rings. The highest BCUT2D eigenvalue weighted by atomic mass is 35.5. The predicted molar refractivity (Wildman–Crippen MR) is 122 cm³/mol. The SMILES string of the molecule is CCC(C)(N(C)Cc1ccoc1)n1cc(-c2ccc(Cl)c(O)c2)nc1-c1ccncc1. The van der Waals surface area contributed by atoms with Crippen molar-refractivity contribution >= 4 is 11.6 Å². The third-order valence-electron chi connectivity index (χ3n) is 5.90. The minimum atomic E-state index is -0.365. The van der Waals surface area contributed by atoms with Gasteiger partial charge in [-0.1, -0.05) is 24.6 Å². The topological polar surface area (TPSA) is 67.3 Å². The lowest BCUT2D eigenvalue weighted by molar-refractivity contribution is 0.0500. The highest BCUT2D eigenvalue weighted by Crippen LogP contribution is 2.36. The summed E-state index contributed by atoms with van der Waals surface area (Å²) in [4.78, 5) is 11.4. The molecular weight excluding hydrogens is 412 g/mol. The number of hydrogen-bond acceptors (Lipinski definition) is 5. The van der Waals surface area contributed by atoms with Gasteiger partial charge in [0.2, 0.25) is 0 Å². The maximum absolute atomic E-state index is 10.1. The summed E-state index contributed by atoms with van der Waals surface area (Å²) < 4.78 is 7.45. The maximum atomic E-state index is 10.1. The Morgan fingerprint density at radius 3 is 2.58 bits per heavy atom. The van der Waals surface area contributed by atoms with Crippen LogP contribution in [0.4, 0.5) is 0 Å². The number of benzene rings is 1. The van der Waals surface area contributed by atoms with Crippen LogP contribution in [-0.2, 0) is 12.2 Å². The number of hydrogen-bond donors (Lipinski definition) is 1. The number of phenolic OH excluding ortho intramolecular Hbond substituents is 1. The number of pyridine rings is 1. The lowest BCUT2D eigenvalue weighted by Crippen LogP contribution is -2.45.